The number of methoxy groups -OCH3 is 2. The van der Waals surface area contributed by atoms with Crippen LogP contribution in [0, 0.1) is 0 Å². The quantitative estimate of drug-likeness (QED) is 0.318. The normalized spacial score (nSPS) is 11.7. The molecule has 0 spiro atoms. The van der Waals surface area contributed by atoms with Gasteiger partial charge in [0.05, 0.1) is 20.8 Å². The Balaban J connectivity index is 2.42. The average Bonchev–Trinajstić information content (AvgIpc) is 3.10. The summed E-state index contributed by atoms with van der Waals surface area (Å²) in [6.07, 6.45) is 3.34. The molecular formula is C20H27N3O4S. The Morgan fingerprint density at radius 1 is 1.21 bits per heavy atom. The predicted octanol–water partition coefficient (Wildman–Crippen LogP) is 3.97. The van der Waals surface area contributed by atoms with Gasteiger partial charge in [0.25, 0.3) is 0 Å². The highest BCUT2D eigenvalue weighted by Crippen LogP contribution is 2.33. The van der Waals surface area contributed by atoms with Gasteiger partial charge < -0.3 is 14.2 Å². The van der Waals surface area contributed by atoms with Crippen molar-refractivity contribution >= 4 is 17.7 Å². The highest BCUT2D eigenvalue weighted by Gasteiger charge is 2.24. The molecule has 0 aliphatic rings. The Kier molecular flexibility index (Phi) is 8.38. The van der Waals surface area contributed by atoms with Gasteiger partial charge in [-0.2, -0.15) is 0 Å². The van der Waals surface area contributed by atoms with E-state index in [0.29, 0.717) is 42.1 Å². The molecule has 1 aromatic carbocycles. The number of carbonyl (C=O) groups excluding carboxylic acids is 1. The van der Waals surface area contributed by atoms with E-state index in [1.807, 2.05) is 23.6 Å². The summed E-state index contributed by atoms with van der Waals surface area (Å²) in [5.74, 6) is 1.74. The molecule has 2 rings (SSSR count). The monoisotopic (exact) mass is 405 g/mol. The minimum Gasteiger partial charge on any atom is -0.497 e. The summed E-state index contributed by atoms with van der Waals surface area (Å²) >= 11 is 1.37. The van der Waals surface area contributed by atoms with Crippen molar-refractivity contribution in [1.29, 1.82) is 0 Å². The molecule has 1 heterocycles. The first-order valence-electron chi connectivity index (χ1n) is 9.18. The van der Waals surface area contributed by atoms with Gasteiger partial charge >= 0.3 is 5.97 Å². The van der Waals surface area contributed by atoms with Crippen molar-refractivity contribution in [1.82, 2.24) is 14.8 Å². The molecule has 1 aromatic heterocycles. The maximum absolute atomic E-state index is 12.3. The number of nitrogens with zero attached hydrogens (tertiary/aromatic N) is 3. The second-order valence-corrected chi connectivity index (χ2v) is 7.12. The van der Waals surface area contributed by atoms with Crippen LogP contribution in [0.5, 0.6) is 11.5 Å². The Morgan fingerprint density at radius 3 is 2.43 bits per heavy atom. The molecule has 0 radical (unpaired) electrons. The van der Waals surface area contributed by atoms with Crippen molar-refractivity contribution in [3.63, 3.8) is 0 Å². The van der Waals surface area contributed by atoms with Crippen molar-refractivity contribution in [2.45, 2.75) is 43.6 Å². The SMILES string of the molecule is C=CCn1c(S[C@@H](CCC)C(=O)OCC)nnc1-c1cc(OC)cc(OC)c1. The Hall–Kier alpha value is -2.48. The van der Waals surface area contributed by atoms with E-state index in [1.54, 1.807) is 33.3 Å². The van der Waals surface area contributed by atoms with Gasteiger partial charge in [0.1, 0.15) is 16.7 Å². The number of esters is 1. The van der Waals surface area contributed by atoms with Gasteiger partial charge in [-0.25, -0.2) is 0 Å². The maximum atomic E-state index is 12.3. The average molecular weight is 406 g/mol. The van der Waals surface area contributed by atoms with Crippen LogP contribution in [0.25, 0.3) is 11.4 Å². The lowest BCUT2D eigenvalue weighted by Crippen LogP contribution is -2.21. The minimum atomic E-state index is -0.328. The lowest BCUT2D eigenvalue weighted by molar-refractivity contribution is -0.142. The van der Waals surface area contributed by atoms with Crippen LogP contribution in [-0.2, 0) is 16.1 Å². The molecule has 0 amide bonds. The van der Waals surface area contributed by atoms with Crippen LogP contribution in [0.4, 0.5) is 0 Å². The van der Waals surface area contributed by atoms with E-state index in [2.05, 4.69) is 16.8 Å². The zero-order chi connectivity index (χ0) is 20.5. The van der Waals surface area contributed by atoms with Gasteiger partial charge in [-0.3, -0.25) is 9.36 Å². The number of rotatable bonds is 11. The molecule has 28 heavy (non-hydrogen) atoms. The number of thioether (sulfide) groups is 1. The molecule has 152 valence electrons. The highest BCUT2D eigenvalue weighted by atomic mass is 32.2. The summed E-state index contributed by atoms with van der Waals surface area (Å²) in [5.41, 5.74) is 0.806. The molecular weight excluding hydrogens is 378 g/mol. The largest absolute Gasteiger partial charge is 0.497 e. The standard InChI is InChI=1S/C20H27N3O4S/c1-6-9-17(19(24)27-8-3)28-20-22-21-18(23(20)10-7-2)14-11-15(25-4)13-16(12-14)26-5/h7,11-13,17H,2,6,8-10H2,1,3-5H3/t17-/m0/s1. The number of hydrogen-bond acceptors (Lipinski definition) is 7. The van der Waals surface area contributed by atoms with Crippen LogP contribution < -0.4 is 9.47 Å². The van der Waals surface area contributed by atoms with Crippen LogP contribution in [0.2, 0.25) is 0 Å². The number of aromatic nitrogens is 3. The summed E-state index contributed by atoms with van der Waals surface area (Å²) in [4.78, 5) is 12.3. The summed E-state index contributed by atoms with van der Waals surface area (Å²) in [6.45, 7) is 8.54. The molecule has 7 nitrogen and oxygen atoms in total. The van der Waals surface area contributed by atoms with E-state index in [1.165, 1.54) is 11.8 Å². The Labute approximate surface area is 170 Å². The fraction of sp³-hybridized carbons (Fsp3) is 0.450. The fourth-order valence-corrected chi connectivity index (χ4v) is 3.82. The third-order valence-electron chi connectivity index (χ3n) is 3.99. The summed E-state index contributed by atoms with van der Waals surface area (Å²) in [6, 6.07) is 5.54. The highest BCUT2D eigenvalue weighted by molar-refractivity contribution is 8.00. The van der Waals surface area contributed by atoms with Gasteiger partial charge in [0, 0.05) is 18.2 Å². The van der Waals surface area contributed by atoms with Crippen molar-refractivity contribution in [2.75, 3.05) is 20.8 Å². The van der Waals surface area contributed by atoms with Crippen molar-refractivity contribution < 1.29 is 19.0 Å². The number of allylic oxidation sites excluding steroid dienone is 1. The fourth-order valence-electron chi connectivity index (χ4n) is 2.67. The molecule has 0 aliphatic heterocycles. The molecule has 0 saturated heterocycles. The third-order valence-corrected chi connectivity index (χ3v) is 5.21. The van der Waals surface area contributed by atoms with E-state index in [0.717, 1.165) is 12.0 Å². The molecule has 0 bridgehead atoms. The lowest BCUT2D eigenvalue weighted by atomic mass is 10.2. The first-order chi connectivity index (χ1) is 13.6. The van der Waals surface area contributed by atoms with Crippen molar-refractivity contribution in [2.24, 2.45) is 0 Å². The van der Waals surface area contributed by atoms with E-state index in [-0.39, 0.29) is 11.2 Å². The first-order valence-corrected chi connectivity index (χ1v) is 10.1. The number of benzene rings is 1. The molecule has 0 unspecified atom stereocenters. The van der Waals surface area contributed by atoms with Crippen LogP contribution in [0.1, 0.15) is 26.7 Å². The minimum absolute atomic E-state index is 0.230. The van der Waals surface area contributed by atoms with Gasteiger partial charge in [0.15, 0.2) is 11.0 Å². The number of carbonyl (C=O) groups is 1. The van der Waals surface area contributed by atoms with Gasteiger partial charge in [-0.1, -0.05) is 31.2 Å². The van der Waals surface area contributed by atoms with Crippen LogP contribution in [-0.4, -0.2) is 46.8 Å². The molecule has 0 N–H and O–H groups in total. The van der Waals surface area contributed by atoms with Crippen LogP contribution >= 0.6 is 11.8 Å². The third kappa shape index (κ3) is 5.28. The Morgan fingerprint density at radius 2 is 1.89 bits per heavy atom. The summed E-state index contributed by atoms with van der Waals surface area (Å²) in [5, 5.41) is 8.99. The topological polar surface area (TPSA) is 75.5 Å². The number of ether oxygens (including phenoxy) is 3. The molecule has 8 heteroatoms. The molecule has 0 saturated carbocycles. The molecule has 1 atom stereocenters. The molecule has 0 aliphatic carbocycles. The lowest BCUT2D eigenvalue weighted by Gasteiger charge is -2.15. The van der Waals surface area contributed by atoms with E-state index in [4.69, 9.17) is 14.2 Å². The van der Waals surface area contributed by atoms with E-state index >= 15 is 0 Å². The second-order valence-electron chi connectivity index (χ2n) is 5.95. The van der Waals surface area contributed by atoms with Crippen molar-refractivity contribution in [3.05, 3.63) is 30.9 Å². The smallest absolute Gasteiger partial charge is 0.319 e. The van der Waals surface area contributed by atoms with Crippen LogP contribution in [0.3, 0.4) is 0 Å². The zero-order valence-corrected chi connectivity index (χ0v) is 17.6. The summed E-state index contributed by atoms with van der Waals surface area (Å²) in [7, 11) is 3.20. The van der Waals surface area contributed by atoms with Crippen LogP contribution in [0.15, 0.2) is 36.0 Å². The van der Waals surface area contributed by atoms with E-state index in [9.17, 15) is 4.79 Å². The Bertz CT molecular complexity index is 784. The van der Waals surface area contributed by atoms with Gasteiger partial charge in [-0.05, 0) is 25.5 Å². The maximum Gasteiger partial charge on any atom is 0.319 e. The van der Waals surface area contributed by atoms with E-state index < -0.39 is 0 Å². The molecule has 2 aromatic rings. The predicted molar refractivity (Wildman–Crippen MR) is 110 cm³/mol. The zero-order valence-electron chi connectivity index (χ0n) is 16.8. The number of hydrogen-bond donors (Lipinski definition) is 0. The second kappa shape index (κ2) is 10.8. The van der Waals surface area contributed by atoms with Crippen molar-refractivity contribution in [3.8, 4) is 22.9 Å². The van der Waals surface area contributed by atoms with Gasteiger partial charge in [-0.15, -0.1) is 16.8 Å². The molecule has 0 fully saturated rings. The summed E-state index contributed by atoms with van der Waals surface area (Å²) < 4.78 is 17.8. The first kappa shape index (κ1) is 21.8. The van der Waals surface area contributed by atoms with Gasteiger partial charge in [0.2, 0.25) is 0 Å².